The van der Waals surface area contributed by atoms with Gasteiger partial charge in [-0.1, -0.05) is 13.8 Å². The van der Waals surface area contributed by atoms with Crippen LogP contribution in [0, 0.1) is 21.3 Å². The van der Waals surface area contributed by atoms with Gasteiger partial charge >= 0.3 is 0 Å². The van der Waals surface area contributed by atoms with Gasteiger partial charge in [0.2, 0.25) is 0 Å². The molecular weight excluding hydrogens is 277 g/mol. The van der Waals surface area contributed by atoms with Crippen LogP contribution in [0.15, 0.2) is 12.1 Å². The van der Waals surface area contributed by atoms with E-state index in [1.165, 1.54) is 6.07 Å². The van der Waals surface area contributed by atoms with E-state index in [0.717, 1.165) is 12.5 Å². The number of hydrogen-bond acceptors (Lipinski definition) is 4. The fourth-order valence-corrected chi connectivity index (χ4v) is 2.17. The molecular formula is C14H18FN3O3. The molecule has 0 saturated heterocycles. The molecule has 0 radical (unpaired) electrons. The summed E-state index contributed by atoms with van der Waals surface area (Å²) in [7, 11) is 0. The first kappa shape index (κ1) is 15.2. The van der Waals surface area contributed by atoms with Gasteiger partial charge in [0.15, 0.2) is 5.82 Å². The van der Waals surface area contributed by atoms with Crippen molar-refractivity contribution in [3.63, 3.8) is 0 Å². The summed E-state index contributed by atoms with van der Waals surface area (Å²) in [5.74, 6) is -1.29. The van der Waals surface area contributed by atoms with Crippen molar-refractivity contribution < 1.29 is 14.1 Å². The molecule has 1 saturated carbocycles. The summed E-state index contributed by atoms with van der Waals surface area (Å²) in [6.07, 6.45) is 0.827. The lowest BCUT2D eigenvalue weighted by Gasteiger charge is -2.10. The molecule has 21 heavy (non-hydrogen) atoms. The number of carbonyl (C=O) groups excluding carboxylic acids is 1. The minimum atomic E-state index is -0.744. The Morgan fingerprint density at radius 1 is 1.52 bits per heavy atom. The molecule has 1 aromatic carbocycles. The highest BCUT2D eigenvalue weighted by molar-refractivity contribution is 5.99. The summed E-state index contributed by atoms with van der Waals surface area (Å²) in [5.41, 5.74) is -0.553. The first-order valence-electron chi connectivity index (χ1n) is 6.79. The van der Waals surface area contributed by atoms with Crippen molar-refractivity contribution >= 4 is 17.3 Å². The maximum absolute atomic E-state index is 13.7. The highest BCUT2D eigenvalue weighted by atomic mass is 19.1. The van der Waals surface area contributed by atoms with E-state index >= 15 is 0 Å². The fraction of sp³-hybridized carbons (Fsp3) is 0.500. The van der Waals surface area contributed by atoms with Crippen LogP contribution in [0.5, 0.6) is 0 Å². The number of nitro groups is 1. The average Bonchev–Trinajstić information content (AvgIpc) is 2.98. The summed E-state index contributed by atoms with van der Waals surface area (Å²) in [6.45, 7) is 6.22. The van der Waals surface area contributed by atoms with E-state index in [0.29, 0.717) is 6.54 Å². The summed E-state index contributed by atoms with van der Waals surface area (Å²) in [5, 5.41) is 16.5. The zero-order chi connectivity index (χ0) is 15.8. The smallest absolute Gasteiger partial charge is 0.285 e. The summed E-state index contributed by atoms with van der Waals surface area (Å²) >= 11 is 0. The van der Waals surface area contributed by atoms with Gasteiger partial charge in [-0.05, 0) is 24.8 Å². The topological polar surface area (TPSA) is 84.3 Å². The Hall–Kier alpha value is -2.18. The predicted octanol–water partition coefficient (Wildman–Crippen LogP) is 2.69. The van der Waals surface area contributed by atoms with Crippen LogP contribution >= 0.6 is 0 Å². The Kier molecular flexibility index (Phi) is 3.85. The number of rotatable bonds is 5. The van der Waals surface area contributed by atoms with Crippen LogP contribution in [-0.4, -0.2) is 23.4 Å². The van der Waals surface area contributed by atoms with Gasteiger partial charge in [0.1, 0.15) is 5.56 Å². The fourth-order valence-electron chi connectivity index (χ4n) is 2.17. The second kappa shape index (κ2) is 5.31. The van der Waals surface area contributed by atoms with E-state index in [4.69, 9.17) is 0 Å². The molecule has 1 fully saturated rings. The van der Waals surface area contributed by atoms with Crippen molar-refractivity contribution in [1.29, 1.82) is 0 Å². The third kappa shape index (κ3) is 3.12. The highest BCUT2D eigenvalue weighted by Gasteiger charge is 2.47. The van der Waals surface area contributed by atoms with E-state index in [9.17, 15) is 19.3 Å². The summed E-state index contributed by atoms with van der Waals surface area (Å²) in [4.78, 5) is 22.5. The molecule has 6 nitrogen and oxygen atoms in total. The van der Waals surface area contributed by atoms with Crippen molar-refractivity contribution in [3.8, 4) is 0 Å². The van der Waals surface area contributed by atoms with E-state index < -0.39 is 22.3 Å². The molecule has 114 valence electrons. The van der Waals surface area contributed by atoms with Crippen molar-refractivity contribution in [2.75, 3.05) is 11.9 Å². The molecule has 0 spiro atoms. The second-order valence-corrected chi connectivity index (χ2v) is 5.86. The maximum atomic E-state index is 13.7. The lowest BCUT2D eigenvalue weighted by atomic mass is 10.1. The molecule has 2 rings (SSSR count). The van der Waals surface area contributed by atoms with Gasteiger partial charge < -0.3 is 10.6 Å². The lowest BCUT2D eigenvalue weighted by molar-refractivity contribution is -0.385. The van der Waals surface area contributed by atoms with Gasteiger partial charge in [0.05, 0.1) is 16.7 Å². The van der Waals surface area contributed by atoms with Crippen molar-refractivity contribution in [1.82, 2.24) is 5.32 Å². The number of benzene rings is 1. The van der Waals surface area contributed by atoms with Gasteiger partial charge in [-0.15, -0.1) is 0 Å². The van der Waals surface area contributed by atoms with Gasteiger partial charge in [0.25, 0.3) is 11.6 Å². The van der Waals surface area contributed by atoms with Crippen LogP contribution in [0.4, 0.5) is 15.8 Å². The number of nitro benzene ring substituents is 1. The molecule has 1 aliphatic carbocycles. The standard InChI is InChI=1S/C14H18FN3O3/c1-4-16-10-5-8(11(18(20)21)6-9(10)15)13(19)17-12-7-14(12,2)3/h5-6,12,16H,4,7H2,1-3H3,(H,17,19). The first-order valence-corrected chi connectivity index (χ1v) is 6.79. The predicted molar refractivity (Wildman–Crippen MR) is 76.9 cm³/mol. The normalized spacial score (nSPS) is 19.0. The van der Waals surface area contributed by atoms with Crippen molar-refractivity contribution in [3.05, 3.63) is 33.6 Å². The molecule has 1 aromatic rings. The Morgan fingerprint density at radius 2 is 2.14 bits per heavy atom. The van der Waals surface area contributed by atoms with Crippen LogP contribution in [0.1, 0.15) is 37.6 Å². The van der Waals surface area contributed by atoms with Crippen LogP contribution in [0.3, 0.4) is 0 Å². The van der Waals surface area contributed by atoms with E-state index in [2.05, 4.69) is 10.6 Å². The molecule has 7 heteroatoms. The second-order valence-electron chi connectivity index (χ2n) is 5.86. The monoisotopic (exact) mass is 295 g/mol. The average molecular weight is 295 g/mol. The Labute approximate surface area is 121 Å². The number of nitrogens with zero attached hydrogens (tertiary/aromatic N) is 1. The maximum Gasteiger partial charge on any atom is 0.285 e. The van der Waals surface area contributed by atoms with Gasteiger partial charge in [-0.25, -0.2) is 4.39 Å². The number of amides is 1. The zero-order valence-electron chi connectivity index (χ0n) is 12.2. The molecule has 2 N–H and O–H groups in total. The quantitative estimate of drug-likeness (QED) is 0.646. The van der Waals surface area contributed by atoms with Crippen molar-refractivity contribution in [2.45, 2.75) is 33.2 Å². The van der Waals surface area contributed by atoms with Crippen molar-refractivity contribution in [2.24, 2.45) is 5.41 Å². The van der Waals surface area contributed by atoms with E-state index in [-0.39, 0.29) is 22.7 Å². The molecule has 0 aromatic heterocycles. The third-order valence-corrected chi connectivity index (χ3v) is 3.71. The number of nitrogens with one attached hydrogen (secondary N) is 2. The number of hydrogen-bond donors (Lipinski definition) is 2. The molecule has 0 aliphatic heterocycles. The van der Waals surface area contributed by atoms with Crippen LogP contribution < -0.4 is 10.6 Å². The van der Waals surface area contributed by atoms with Gasteiger partial charge in [0, 0.05) is 12.6 Å². The SMILES string of the molecule is CCNc1cc(C(=O)NC2CC2(C)C)c([N+](=O)[O-])cc1F. The van der Waals surface area contributed by atoms with Crippen LogP contribution in [0.2, 0.25) is 0 Å². The van der Waals surface area contributed by atoms with E-state index in [1.807, 2.05) is 13.8 Å². The largest absolute Gasteiger partial charge is 0.383 e. The van der Waals surface area contributed by atoms with Crippen LogP contribution in [0.25, 0.3) is 0 Å². The zero-order valence-corrected chi connectivity index (χ0v) is 12.2. The molecule has 0 bridgehead atoms. The van der Waals surface area contributed by atoms with Gasteiger partial charge in [-0.3, -0.25) is 14.9 Å². The summed E-state index contributed by atoms with van der Waals surface area (Å²) < 4.78 is 13.7. The summed E-state index contributed by atoms with van der Waals surface area (Å²) in [6, 6.07) is 1.98. The molecule has 1 amide bonds. The minimum Gasteiger partial charge on any atom is -0.383 e. The van der Waals surface area contributed by atoms with Crippen LogP contribution in [-0.2, 0) is 0 Å². The lowest BCUT2D eigenvalue weighted by Crippen LogP contribution is -2.29. The minimum absolute atomic E-state index is 0.00255. The molecule has 1 unspecified atom stereocenters. The molecule has 1 atom stereocenters. The van der Waals surface area contributed by atoms with E-state index in [1.54, 1.807) is 6.92 Å². The number of halogens is 1. The Morgan fingerprint density at radius 3 is 2.62 bits per heavy atom. The Bertz CT molecular complexity index is 601. The number of carbonyl (C=O) groups is 1. The van der Waals surface area contributed by atoms with Gasteiger partial charge in [-0.2, -0.15) is 0 Å². The molecule has 1 aliphatic rings. The number of anilines is 1. The molecule has 0 heterocycles. The highest BCUT2D eigenvalue weighted by Crippen LogP contribution is 2.44. The third-order valence-electron chi connectivity index (χ3n) is 3.71. The first-order chi connectivity index (χ1) is 9.76. The Balaban J connectivity index is 2.33.